The molecule has 0 aliphatic carbocycles. The number of benzene rings is 1. The molecule has 0 radical (unpaired) electrons. The molecule has 0 N–H and O–H groups in total. The zero-order chi connectivity index (χ0) is 23.4. The van der Waals surface area contributed by atoms with Crippen molar-refractivity contribution in [2.24, 2.45) is 0 Å². The summed E-state index contributed by atoms with van der Waals surface area (Å²) in [5.41, 5.74) is 1.53. The molecule has 0 fully saturated rings. The summed E-state index contributed by atoms with van der Waals surface area (Å²) in [5, 5.41) is 8.61. The first kappa shape index (κ1) is 25.4. The van der Waals surface area contributed by atoms with E-state index < -0.39 is 7.94 Å². The van der Waals surface area contributed by atoms with Crippen molar-refractivity contribution in [3.8, 4) is 0 Å². The van der Waals surface area contributed by atoms with Gasteiger partial charge in [-0.1, -0.05) is 48.6 Å². The first-order valence-electron chi connectivity index (χ1n) is 10.4. The first-order chi connectivity index (χ1) is 15.6. The molecule has 0 spiro atoms. The minimum absolute atomic E-state index is 0.571. The van der Waals surface area contributed by atoms with Gasteiger partial charge in [-0.05, 0) is 22.2 Å². The van der Waals surface area contributed by atoms with Crippen molar-refractivity contribution in [2.75, 3.05) is 39.3 Å². The van der Waals surface area contributed by atoms with Gasteiger partial charge >= 0.3 is 7.94 Å². The minimum Gasteiger partial charge on any atom is -0.183 e. The number of hydrogen-bond donors (Lipinski definition) is 0. The van der Waals surface area contributed by atoms with E-state index in [-0.39, 0.29) is 0 Å². The third kappa shape index (κ3) is 5.50. The fourth-order valence-corrected chi connectivity index (χ4v) is 7.14. The van der Waals surface area contributed by atoms with E-state index >= 15 is 0 Å². The van der Waals surface area contributed by atoms with E-state index in [2.05, 4.69) is 63.8 Å². The second-order valence-electron chi connectivity index (χ2n) is 6.89. The highest BCUT2D eigenvalue weighted by Crippen LogP contribution is 2.65. The van der Waals surface area contributed by atoms with Crippen molar-refractivity contribution in [3.63, 3.8) is 0 Å². The van der Waals surface area contributed by atoms with Crippen molar-refractivity contribution in [2.45, 2.75) is 0 Å². The van der Waals surface area contributed by atoms with Crippen LogP contribution < -0.4 is 4.62 Å². The molecule has 1 heterocycles. The van der Waals surface area contributed by atoms with Crippen LogP contribution in [0.25, 0.3) is 11.0 Å². The number of fused-ring (bicyclic) bond motifs is 1. The molecule has 0 saturated carbocycles. The van der Waals surface area contributed by atoms with Crippen LogP contribution in [0.4, 0.5) is 0 Å². The van der Waals surface area contributed by atoms with Crippen molar-refractivity contribution >= 4 is 19.0 Å². The third-order valence-electron chi connectivity index (χ3n) is 4.65. The molecule has 1 aromatic carbocycles. The zero-order valence-corrected chi connectivity index (χ0v) is 19.7. The van der Waals surface area contributed by atoms with Crippen LogP contribution in [0.15, 0.2) is 100 Å². The second-order valence-corrected chi connectivity index (χ2v) is 9.78. The molecule has 0 bridgehead atoms. The van der Waals surface area contributed by atoms with Crippen molar-refractivity contribution in [1.82, 2.24) is 29.2 Å². The average Bonchev–Trinajstić information content (AvgIpc) is 3.20. The Labute approximate surface area is 192 Å². The molecule has 0 aliphatic rings. The van der Waals surface area contributed by atoms with Crippen molar-refractivity contribution in [3.05, 3.63) is 100 Å². The van der Waals surface area contributed by atoms with Gasteiger partial charge in [-0.3, -0.25) is 0 Å². The third-order valence-corrected chi connectivity index (χ3v) is 8.22. The SMILES string of the molecule is C=CCN(CC=C)[P+](On1nnc2ccccc21)(N(CC=C)CC=C)N(CC=C)CC=C. The van der Waals surface area contributed by atoms with E-state index in [1.54, 1.807) is 0 Å². The Kier molecular flexibility index (Phi) is 10.2. The molecule has 0 aliphatic heterocycles. The van der Waals surface area contributed by atoms with Gasteiger partial charge in [-0.2, -0.15) is 4.62 Å². The Morgan fingerprint density at radius 2 is 1.12 bits per heavy atom. The summed E-state index contributed by atoms with van der Waals surface area (Å²) in [5.74, 6) is 0. The van der Waals surface area contributed by atoms with Crippen LogP contribution in [-0.4, -0.2) is 68.4 Å². The van der Waals surface area contributed by atoms with E-state index in [1.807, 2.05) is 60.7 Å². The van der Waals surface area contributed by atoms with E-state index in [0.717, 1.165) is 11.0 Å². The molecular formula is C24H34N6OP+. The van der Waals surface area contributed by atoms with Gasteiger partial charge < -0.3 is 0 Å². The molecule has 2 aromatic rings. The maximum Gasteiger partial charge on any atom is 0.453 e. The van der Waals surface area contributed by atoms with Crippen LogP contribution in [-0.2, 0) is 0 Å². The standard InChI is InChI=1S/C24H34N6OP/c1-7-17-27(18-8-2)32(28(19-9-3)20-10-4,29(21-11-5)22-12-6)31-30-24-16-14-13-15-23(24)25-26-30/h7-16H,1-6,17-22H2/q+1. The predicted octanol–water partition coefficient (Wildman–Crippen LogP) is 4.56. The number of hydrogen-bond acceptors (Lipinski definition) is 6. The lowest BCUT2D eigenvalue weighted by Gasteiger charge is -2.42. The molecule has 0 unspecified atom stereocenters. The summed E-state index contributed by atoms with van der Waals surface area (Å²) < 4.78 is 13.6. The Morgan fingerprint density at radius 1 is 0.719 bits per heavy atom. The molecule has 7 nitrogen and oxygen atoms in total. The average molecular weight is 454 g/mol. The molecule has 2 rings (SSSR count). The van der Waals surface area contributed by atoms with Crippen LogP contribution in [0, 0.1) is 0 Å². The molecule has 1 aromatic heterocycles. The second kappa shape index (κ2) is 12.9. The highest BCUT2D eigenvalue weighted by molar-refractivity contribution is 7.64. The molecule has 8 heteroatoms. The summed E-state index contributed by atoms with van der Waals surface area (Å²) >= 11 is 0. The fourth-order valence-electron chi connectivity index (χ4n) is 3.46. The van der Waals surface area contributed by atoms with Crippen LogP contribution in [0.2, 0.25) is 0 Å². The Bertz CT molecular complexity index is 850. The highest BCUT2D eigenvalue weighted by Gasteiger charge is 2.61. The molecule has 0 saturated heterocycles. The normalized spacial score (nSPS) is 11.6. The van der Waals surface area contributed by atoms with Gasteiger partial charge in [0.25, 0.3) is 0 Å². The van der Waals surface area contributed by atoms with Gasteiger partial charge in [0.1, 0.15) is 11.0 Å². The fraction of sp³-hybridized carbons (Fsp3) is 0.250. The van der Waals surface area contributed by atoms with Crippen molar-refractivity contribution in [1.29, 1.82) is 0 Å². The van der Waals surface area contributed by atoms with Gasteiger partial charge in [0, 0.05) is 0 Å². The number of rotatable bonds is 17. The van der Waals surface area contributed by atoms with E-state index in [1.165, 1.54) is 4.85 Å². The molecular weight excluding hydrogens is 419 g/mol. The Balaban J connectivity index is 2.81. The van der Waals surface area contributed by atoms with Crippen LogP contribution in [0.5, 0.6) is 0 Å². The maximum atomic E-state index is 6.90. The van der Waals surface area contributed by atoms with Crippen LogP contribution >= 0.6 is 7.94 Å². The van der Waals surface area contributed by atoms with Gasteiger partial charge in [0.2, 0.25) is 0 Å². The quantitative estimate of drug-likeness (QED) is 0.259. The van der Waals surface area contributed by atoms with E-state index in [0.29, 0.717) is 39.3 Å². The van der Waals surface area contributed by atoms with Crippen LogP contribution in [0.1, 0.15) is 0 Å². The van der Waals surface area contributed by atoms with Gasteiger partial charge in [0.15, 0.2) is 0 Å². The lowest BCUT2D eigenvalue weighted by Crippen LogP contribution is -2.50. The summed E-state index contributed by atoms with van der Waals surface area (Å²) in [6.07, 6.45) is 11.2. The minimum atomic E-state index is -2.79. The van der Waals surface area contributed by atoms with E-state index in [4.69, 9.17) is 4.62 Å². The zero-order valence-electron chi connectivity index (χ0n) is 18.8. The summed E-state index contributed by atoms with van der Waals surface area (Å²) in [7, 11) is -2.79. The lowest BCUT2D eigenvalue weighted by molar-refractivity contribution is 0.168. The van der Waals surface area contributed by atoms with Crippen LogP contribution in [0.3, 0.4) is 0 Å². The largest absolute Gasteiger partial charge is 0.453 e. The predicted molar refractivity (Wildman–Crippen MR) is 137 cm³/mol. The molecule has 170 valence electrons. The molecule has 0 atom stereocenters. The number of aromatic nitrogens is 3. The number of para-hydroxylation sites is 1. The Morgan fingerprint density at radius 3 is 1.53 bits per heavy atom. The van der Waals surface area contributed by atoms with E-state index in [9.17, 15) is 0 Å². The van der Waals surface area contributed by atoms with Crippen molar-refractivity contribution < 1.29 is 4.62 Å². The topological polar surface area (TPSA) is 49.7 Å². The summed E-state index contributed by atoms with van der Waals surface area (Å²) in [4.78, 5) is 1.51. The highest BCUT2D eigenvalue weighted by atomic mass is 31.2. The summed E-state index contributed by atoms with van der Waals surface area (Å²) in [6, 6.07) is 7.71. The molecule has 0 amide bonds. The Hall–Kier alpha value is -2.83. The molecule has 32 heavy (non-hydrogen) atoms. The summed E-state index contributed by atoms with van der Waals surface area (Å²) in [6.45, 7) is 27.3. The van der Waals surface area contributed by atoms with Gasteiger partial charge in [-0.15, -0.1) is 58.6 Å². The maximum absolute atomic E-state index is 6.90. The lowest BCUT2D eigenvalue weighted by atomic mass is 10.3. The smallest absolute Gasteiger partial charge is 0.183 e. The van der Waals surface area contributed by atoms with Gasteiger partial charge in [-0.25, -0.2) is 0 Å². The first-order valence-corrected chi connectivity index (χ1v) is 12.0. The monoisotopic (exact) mass is 453 g/mol. The number of nitrogens with zero attached hydrogens (tertiary/aromatic N) is 6. The van der Waals surface area contributed by atoms with Gasteiger partial charge in [0.05, 0.1) is 39.3 Å².